The lowest BCUT2D eigenvalue weighted by atomic mass is 9.95. The first kappa shape index (κ1) is 16.7. The minimum Gasteiger partial charge on any atom is -0.481 e. The molecule has 2 heterocycles. The number of hydrogen-bond donors (Lipinski definition) is 1. The Balaban J connectivity index is 2.01. The number of hydrogen-bond acceptors (Lipinski definition) is 5. The van der Waals surface area contributed by atoms with Gasteiger partial charge in [0.15, 0.2) is 9.84 Å². The van der Waals surface area contributed by atoms with Crippen molar-refractivity contribution < 1.29 is 26.7 Å². The summed E-state index contributed by atoms with van der Waals surface area (Å²) in [6.07, 6.45) is 2.19. The van der Waals surface area contributed by atoms with Crippen LogP contribution in [0, 0.1) is 5.92 Å². The zero-order chi connectivity index (χ0) is 15.7. The number of rotatable bonds is 5. The van der Waals surface area contributed by atoms with Gasteiger partial charge in [-0.3, -0.25) is 4.79 Å². The molecule has 0 bridgehead atoms. The molecule has 0 aromatic carbocycles. The maximum absolute atomic E-state index is 12.5. The first-order valence-electron chi connectivity index (χ1n) is 7.12. The zero-order valence-corrected chi connectivity index (χ0v) is 13.4. The molecular formula is C12H21NO6S2. The van der Waals surface area contributed by atoms with E-state index in [-0.39, 0.29) is 30.3 Å². The first-order chi connectivity index (χ1) is 9.71. The molecule has 0 aromatic heterocycles. The van der Waals surface area contributed by atoms with Gasteiger partial charge >= 0.3 is 5.97 Å². The van der Waals surface area contributed by atoms with Gasteiger partial charge in [-0.15, -0.1) is 0 Å². The Morgan fingerprint density at radius 3 is 2.57 bits per heavy atom. The smallest absolute Gasteiger partial charge is 0.303 e. The summed E-state index contributed by atoms with van der Waals surface area (Å²) in [5.74, 6) is -1.18. The fourth-order valence-corrected chi connectivity index (χ4v) is 7.67. The van der Waals surface area contributed by atoms with Gasteiger partial charge in [-0.1, -0.05) is 0 Å². The quantitative estimate of drug-likeness (QED) is 0.760. The summed E-state index contributed by atoms with van der Waals surface area (Å²) < 4.78 is 49.3. The van der Waals surface area contributed by atoms with Gasteiger partial charge < -0.3 is 5.11 Å². The summed E-state index contributed by atoms with van der Waals surface area (Å²) in [5.41, 5.74) is 0. The molecule has 0 spiro atoms. The third kappa shape index (κ3) is 4.17. The van der Waals surface area contributed by atoms with Crippen LogP contribution in [0.2, 0.25) is 0 Å². The predicted molar refractivity (Wildman–Crippen MR) is 77.1 cm³/mol. The molecule has 0 saturated carbocycles. The maximum atomic E-state index is 12.5. The molecular weight excluding hydrogens is 318 g/mol. The lowest BCUT2D eigenvalue weighted by Crippen LogP contribution is -2.45. The van der Waals surface area contributed by atoms with Crippen LogP contribution in [0.4, 0.5) is 0 Å². The largest absolute Gasteiger partial charge is 0.481 e. The molecule has 0 amide bonds. The standard InChI is InChI=1S/C12H21NO6S2/c14-12(15)4-3-10-2-1-6-13(8-10)21(18,19)11-5-7-20(16,17)9-11/h10-11H,1-9H2,(H,14,15). The van der Waals surface area contributed by atoms with Crippen molar-refractivity contribution in [2.24, 2.45) is 5.92 Å². The Labute approximate surface area is 125 Å². The minimum absolute atomic E-state index is 0.0381. The van der Waals surface area contributed by atoms with Gasteiger partial charge in [0.1, 0.15) is 0 Å². The summed E-state index contributed by atoms with van der Waals surface area (Å²) in [6.45, 7) is 0.717. The van der Waals surface area contributed by atoms with E-state index in [2.05, 4.69) is 0 Å². The molecule has 1 N–H and O–H groups in total. The lowest BCUT2D eigenvalue weighted by molar-refractivity contribution is -0.137. The Morgan fingerprint density at radius 2 is 2.00 bits per heavy atom. The molecule has 21 heavy (non-hydrogen) atoms. The van der Waals surface area contributed by atoms with Crippen molar-refractivity contribution in [2.75, 3.05) is 24.6 Å². The second kappa shape index (κ2) is 6.21. The lowest BCUT2D eigenvalue weighted by Gasteiger charge is -2.33. The Hall–Kier alpha value is -0.670. The van der Waals surface area contributed by atoms with Gasteiger partial charge in [0, 0.05) is 19.5 Å². The van der Waals surface area contributed by atoms with E-state index in [4.69, 9.17) is 5.11 Å². The number of sulfonamides is 1. The molecule has 2 saturated heterocycles. The topological polar surface area (TPSA) is 109 Å². The molecule has 2 aliphatic rings. The highest BCUT2D eigenvalue weighted by Crippen LogP contribution is 2.28. The fraction of sp³-hybridized carbons (Fsp3) is 0.917. The number of carboxylic acids is 1. The van der Waals surface area contributed by atoms with E-state index in [1.807, 2.05) is 0 Å². The van der Waals surface area contributed by atoms with E-state index < -0.39 is 31.1 Å². The van der Waals surface area contributed by atoms with Crippen molar-refractivity contribution >= 4 is 25.8 Å². The highest BCUT2D eigenvalue weighted by molar-refractivity contribution is 7.95. The van der Waals surface area contributed by atoms with Crippen LogP contribution in [0.1, 0.15) is 32.1 Å². The molecule has 2 fully saturated rings. The number of carbonyl (C=O) groups is 1. The zero-order valence-electron chi connectivity index (χ0n) is 11.8. The van der Waals surface area contributed by atoms with Gasteiger partial charge in [0.05, 0.1) is 16.8 Å². The molecule has 2 rings (SSSR count). The summed E-state index contributed by atoms with van der Waals surface area (Å²) in [6, 6.07) is 0. The van der Waals surface area contributed by atoms with E-state index in [0.29, 0.717) is 25.9 Å². The average Bonchev–Trinajstić information content (AvgIpc) is 2.78. The number of nitrogens with zero attached hydrogens (tertiary/aromatic N) is 1. The molecule has 7 nitrogen and oxygen atoms in total. The van der Waals surface area contributed by atoms with Crippen molar-refractivity contribution in [2.45, 2.75) is 37.4 Å². The van der Waals surface area contributed by atoms with E-state index in [1.54, 1.807) is 0 Å². The monoisotopic (exact) mass is 339 g/mol. The molecule has 2 aliphatic heterocycles. The van der Waals surface area contributed by atoms with Crippen LogP contribution in [-0.4, -0.2) is 62.1 Å². The van der Waals surface area contributed by atoms with Crippen LogP contribution < -0.4 is 0 Å². The summed E-state index contributed by atoms with van der Waals surface area (Å²) in [5, 5.41) is 7.87. The first-order valence-corrected chi connectivity index (χ1v) is 10.4. The van der Waals surface area contributed by atoms with Gasteiger partial charge in [-0.05, 0) is 31.6 Å². The van der Waals surface area contributed by atoms with Gasteiger partial charge in [0.2, 0.25) is 10.0 Å². The van der Waals surface area contributed by atoms with Crippen LogP contribution in [0.25, 0.3) is 0 Å². The number of carboxylic acid groups (broad SMARTS) is 1. The van der Waals surface area contributed by atoms with Crippen molar-refractivity contribution in [1.82, 2.24) is 4.31 Å². The van der Waals surface area contributed by atoms with Crippen LogP contribution in [0.15, 0.2) is 0 Å². The molecule has 2 atom stereocenters. The van der Waals surface area contributed by atoms with E-state index >= 15 is 0 Å². The Kier molecular flexibility index (Phi) is 4.94. The van der Waals surface area contributed by atoms with Gasteiger partial charge in [-0.25, -0.2) is 21.1 Å². The highest BCUT2D eigenvalue weighted by atomic mass is 32.2. The summed E-state index contributed by atoms with van der Waals surface area (Å²) in [4.78, 5) is 10.6. The van der Waals surface area contributed by atoms with Crippen LogP contribution >= 0.6 is 0 Å². The fourth-order valence-electron chi connectivity index (χ4n) is 3.03. The third-order valence-electron chi connectivity index (χ3n) is 4.22. The maximum Gasteiger partial charge on any atom is 0.303 e. The second-order valence-corrected chi connectivity index (χ2v) is 10.3. The molecule has 9 heteroatoms. The molecule has 122 valence electrons. The predicted octanol–water partition coefficient (Wildman–Crippen LogP) is 0.0801. The molecule has 0 aromatic rings. The highest BCUT2D eigenvalue weighted by Gasteiger charge is 2.41. The number of aliphatic carboxylic acids is 1. The van der Waals surface area contributed by atoms with Crippen molar-refractivity contribution in [3.8, 4) is 0 Å². The molecule has 0 aliphatic carbocycles. The van der Waals surface area contributed by atoms with Crippen LogP contribution in [0.3, 0.4) is 0 Å². The van der Waals surface area contributed by atoms with Crippen molar-refractivity contribution in [3.05, 3.63) is 0 Å². The van der Waals surface area contributed by atoms with E-state index in [9.17, 15) is 21.6 Å². The number of sulfone groups is 1. The van der Waals surface area contributed by atoms with Crippen molar-refractivity contribution in [3.63, 3.8) is 0 Å². The Morgan fingerprint density at radius 1 is 1.29 bits per heavy atom. The minimum atomic E-state index is -3.60. The molecule has 0 radical (unpaired) electrons. The third-order valence-corrected chi connectivity index (χ3v) is 8.50. The summed E-state index contributed by atoms with van der Waals surface area (Å²) >= 11 is 0. The second-order valence-electron chi connectivity index (χ2n) is 5.87. The van der Waals surface area contributed by atoms with Crippen LogP contribution in [0.5, 0.6) is 0 Å². The van der Waals surface area contributed by atoms with E-state index in [1.165, 1.54) is 4.31 Å². The Bertz CT molecular complexity index is 597. The van der Waals surface area contributed by atoms with Crippen molar-refractivity contribution in [1.29, 1.82) is 0 Å². The average molecular weight is 339 g/mol. The molecule has 2 unspecified atom stereocenters. The van der Waals surface area contributed by atoms with Crippen LogP contribution in [-0.2, 0) is 24.7 Å². The SMILES string of the molecule is O=C(O)CCC1CCCN(S(=O)(=O)C2CCS(=O)(=O)C2)C1. The summed E-state index contributed by atoms with van der Waals surface area (Å²) in [7, 11) is -6.83. The van der Waals surface area contributed by atoms with Gasteiger partial charge in [0.25, 0.3) is 0 Å². The van der Waals surface area contributed by atoms with Gasteiger partial charge in [-0.2, -0.15) is 0 Å². The number of piperidine rings is 1. The van der Waals surface area contributed by atoms with E-state index in [0.717, 1.165) is 6.42 Å². The normalized spacial score (nSPS) is 30.3.